The lowest BCUT2D eigenvalue weighted by molar-refractivity contribution is 0.192. The molecule has 0 aliphatic heterocycles. The Bertz CT molecular complexity index is 139. The van der Waals surface area contributed by atoms with Gasteiger partial charge < -0.3 is 10.1 Å². The highest BCUT2D eigenvalue weighted by Gasteiger charge is 2.10. The van der Waals surface area contributed by atoms with E-state index in [2.05, 4.69) is 26.1 Å². The van der Waals surface area contributed by atoms with E-state index in [1.807, 2.05) is 0 Å². The zero-order valence-electron chi connectivity index (χ0n) is 11.7. The van der Waals surface area contributed by atoms with Gasteiger partial charge in [-0.1, -0.05) is 46.0 Å². The average molecular weight is 229 g/mol. The molecule has 0 fully saturated rings. The number of rotatable bonds is 11. The van der Waals surface area contributed by atoms with Crippen LogP contribution in [0.2, 0.25) is 0 Å². The van der Waals surface area contributed by atoms with Crippen molar-refractivity contribution in [3.63, 3.8) is 0 Å². The van der Waals surface area contributed by atoms with Gasteiger partial charge in [0.15, 0.2) is 0 Å². The minimum atomic E-state index is 0.612. The number of nitrogens with one attached hydrogen (secondary N) is 1. The molecular weight excluding hydrogens is 198 g/mol. The van der Waals surface area contributed by atoms with Crippen molar-refractivity contribution in [1.29, 1.82) is 0 Å². The molecule has 2 nitrogen and oxygen atoms in total. The summed E-state index contributed by atoms with van der Waals surface area (Å²) in [7, 11) is 1.75. The van der Waals surface area contributed by atoms with Crippen LogP contribution < -0.4 is 5.32 Å². The second kappa shape index (κ2) is 11.4. The van der Waals surface area contributed by atoms with Gasteiger partial charge in [-0.2, -0.15) is 0 Å². The standard InChI is InChI=1S/C14H31NO/c1-5-6-7-8-9-10-13(2)14(3)15-11-12-16-4/h13-15H,5-12H2,1-4H3. The first kappa shape index (κ1) is 15.9. The van der Waals surface area contributed by atoms with Crippen molar-refractivity contribution < 1.29 is 4.74 Å². The predicted octanol–water partition coefficient (Wildman–Crippen LogP) is 3.61. The van der Waals surface area contributed by atoms with Crippen molar-refractivity contribution in [2.24, 2.45) is 5.92 Å². The molecule has 0 aliphatic rings. The lowest BCUT2D eigenvalue weighted by Crippen LogP contribution is -2.34. The third-order valence-corrected chi connectivity index (χ3v) is 3.39. The molecule has 1 N–H and O–H groups in total. The van der Waals surface area contributed by atoms with Crippen LogP contribution in [0.5, 0.6) is 0 Å². The van der Waals surface area contributed by atoms with Crippen LogP contribution in [-0.4, -0.2) is 26.3 Å². The summed E-state index contributed by atoms with van der Waals surface area (Å²) in [5.74, 6) is 0.776. The van der Waals surface area contributed by atoms with Crippen molar-refractivity contribution >= 4 is 0 Å². The summed E-state index contributed by atoms with van der Waals surface area (Å²) in [6.07, 6.45) is 8.29. The molecule has 0 saturated heterocycles. The van der Waals surface area contributed by atoms with Gasteiger partial charge in [-0.15, -0.1) is 0 Å². The molecule has 2 atom stereocenters. The van der Waals surface area contributed by atoms with E-state index in [9.17, 15) is 0 Å². The Morgan fingerprint density at radius 3 is 2.38 bits per heavy atom. The Balaban J connectivity index is 3.36. The van der Waals surface area contributed by atoms with Gasteiger partial charge in [-0.05, 0) is 19.3 Å². The number of hydrogen-bond acceptors (Lipinski definition) is 2. The van der Waals surface area contributed by atoms with E-state index in [-0.39, 0.29) is 0 Å². The third kappa shape index (κ3) is 9.17. The molecule has 2 heteroatoms. The van der Waals surface area contributed by atoms with E-state index in [4.69, 9.17) is 4.74 Å². The van der Waals surface area contributed by atoms with E-state index in [1.165, 1.54) is 38.5 Å². The van der Waals surface area contributed by atoms with Crippen molar-refractivity contribution in [1.82, 2.24) is 5.32 Å². The Kier molecular flexibility index (Phi) is 11.3. The van der Waals surface area contributed by atoms with Gasteiger partial charge in [0.2, 0.25) is 0 Å². The Morgan fingerprint density at radius 2 is 1.75 bits per heavy atom. The van der Waals surface area contributed by atoms with E-state index in [0.29, 0.717) is 6.04 Å². The summed E-state index contributed by atoms with van der Waals surface area (Å²) in [5.41, 5.74) is 0. The molecule has 0 bridgehead atoms. The molecule has 0 aromatic rings. The van der Waals surface area contributed by atoms with Gasteiger partial charge in [0, 0.05) is 19.7 Å². The van der Waals surface area contributed by atoms with Crippen LogP contribution in [0.1, 0.15) is 59.3 Å². The maximum atomic E-state index is 5.03. The zero-order chi connectivity index (χ0) is 12.2. The molecule has 0 aliphatic carbocycles. The van der Waals surface area contributed by atoms with Crippen molar-refractivity contribution in [3.8, 4) is 0 Å². The van der Waals surface area contributed by atoms with E-state index >= 15 is 0 Å². The molecule has 0 amide bonds. The number of unbranched alkanes of at least 4 members (excludes halogenated alkanes) is 4. The first-order chi connectivity index (χ1) is 7.72. The van der Waals surface area contributed by atoms with Crippen LogP contribution in [-0.2, 0) is 4.74 Å². The third-order valence-electron chi connectivity index (χ3n) is 3.39. The molecule has 0 saturated carbocycles. The number of hydrogen-bond donors (Lipinski definition) is 1. The Hall–Kier alpha value is -0.0800. The number of methoxy groups -OCH3 is 1. The molecule has 0 rings (SSSR count). The number of ether oxygens (including phenoxy) is 1. The topological polar surface area (TPSA) is 21.3 Å². The van der Waals surface area contributed by atoms with Gasteiger partial charge in [0.05, 0.1) is 6.61 Å². The van der Waals surface area contributed by atoms with Crippen LogP contribution >= 0.6 is 0 Å². The molecular formula is C14H31NO. The van der Waals surface area contributed by atoms with Gasteiger partial charge in [0.25, 0.3) is 0 Å². The summed E-state index contributed by atoms with van der Waals surface area (Å²) in [5, 5.41) is 3.51. The summed E-state index contributed by atoms with van der Waals surface area (Å²) in [6.45, 7) is 8.69. The minimum absolute atomic E-state index is 0.612. The lowest BCUT2D eigenvalue weighted by atomic mass is 9.96. The van der Waals surface area contributed by atoms with Crippen molar-refractivity contribution in [2.45, 2.75) is 65.3 Å². The van der Waals surface area contributed by atoms with E-state index < -0.39 is 0 Å². The fraction of sp³-hybridized carbons (Fsp3) is 1.00. The first-order valence-electron chi connectivity index (χ1n) is 6.94. The average Bonchev–Trinajstić information content (AvgIpc) is 2.28. The van der Waals surface area contributed by atoms with Gasteiger partial charge in [-0.25, -0.2) is 0 Å². The van der Waals surface area contributed by atoms with Crippen molar-refractivity contribution in [2.75, 3.05) is 20.3 Å². The Labute approximate surface area is 102 Å². The first-order valence-corrected chi connectivity index (χ1v) is 6.94. The maximum Gasteiger partial charge on any atom is 0.0587 e. The SMILES string of the molecule is CCCCCCCC(C)C(C)NCCOC. The largest absolute Gasteiger partial charge is 0.383 e. The van der Waals surface area contributed by atoms with Gasteiger partial charge in [-0.3, -0.25) is 0 Å². The molecule has 0 aromatic heterocycles. The second-order valence-electron chi connectivity index (χ2n) is 4.92. The highest BCUT2D eigenvalue weighted by atomic mass is 16.5. The Morgan fingerprint density at radius 1 is 1.06 bits per heavy atom. The van der Waals surface area contributed by atoms with Crippen LogP contribution in [0.4, 0.5) is 0 Å². The monoisotopic (exact) mass is 229 g/mol. The van der Waals surface area contributed by atoms with Crippen LogP contribution in [0.3, 0.4) is 0 Å². The van der Waals surface area contributed by atoms with Gasteiger partial charge >= 0.3 is 0 Å². The zero-order valence-corrected chi connectivity index (χ0v) is 11.7. The fourth-order valence-electron chi connectivity index (χ4n) is 1.91. The summed E-state index contributed by atoms with van der Waals surface area (Å²) >= 11 is 0. The highest BCUT2D eigenvalue weighted by molar-refractivity contribution is 4.68. The molecule has 0 aromatic carbocycles. The highest BCUT2D eigenvalue weighted by Crippen LogP contribution is 2.14. The quantitative estimate of drug-likeness (QED) is 0.547. The fourth-order valence-corrected chi connectivity index (χ4v) is 1.91. The smallest absolute Gasteiger partial charge is 0.0587 e. The molecule has 0 heterocycles. The molecule has 0 spiro atoms. The molecule has 2 unspecified atom stereocenters. The normalized spacial score (nSPS) is 15.0. The van der Waals surface area contributed by atoms with Gasteiger partial charge in [0.1, 0.15) is 0 Å². The van der Waals surface area contributed by atoms with Crippen molar-refractivity contribution in [3.05, 3.63) is 0 Å². The minimum Gasteiger partial charge on any atom is -0.383 e. The lowest BCUT2D eigenvalue weighted by Gasteiger charge is -2.21. The molecule has 0 radical (unpaired) electrons. The predicted molar refractivity (Wildman–Crippen MR) is 71.9 cm³/mol. The second-order valence-corrected chi connectivity index (χ2v) is 4.92. The summed E-state index contributed by atoms with van der Waals surface area (Å²) in [4.78, 5) is 0. The maximum absolute atomic E-state index is 5.03. The van der Waals surface area contributed by atoms with Crippen LogP contribution in [0.15, 0.2) is 0 Å². The molecule has 98 valence electrons. The van der Waals surface area contributed by atoms with E-state index in [0.717, 1.165) is 19.1 Å². The summed E-state index contributed by atoms with van der Waals surface area (Å²) in [6, 6.07) is 0.612. The van der Waals surface area contributed by atoms with Crippen LogP contribution in [0.25, 0.3) is 0 Å². The van der Waals surface area contributed by atoms with E-state index in [1.54, 1.807) is 7.11 Å². The molecule has 16 heavy (non-hydrogen) atoms. The summed E-state index contributed by atoms with van der Waals surface area (Å²) < 4.78 is 5.03. The van der Waals surface area contributed by atoms with Crippen LogP contribution in [0, 0.1) is 5.92 Å².